The van der Waals surface area contributed by atoms with Gasteiger partial charge in [-0.15, -0.1) is 0 Å². The van der Waals surface area contributed by atoms with Crippen molar-refractivity contribution in [3.63, 3.8) is 0 Å². The molecule has 0 spiro atoms. The minimum atomic E-state index is 0.0411. The van der Waals surface area contributed by atoms with E-state index in [1.165, 1.54) is 19.3 Å². The van der Waals surface area contributed by atoms with E-state index in [9.17, 15) is 4.79 Å². The fourth-order valence-corrected chi connectivity index (χ4v) is 4.94. The summed E-state index contributed by atoms with van der Waals surface area (Å²) in [6.07, 6.45) is 3.86. The molecule has 0 saturated heterocycles. The van der Waals surface area contributed by atoms with Gasteiger partial charge in [0.25, 0.3) is 0 Å². The average molecular weight is 294 g/mol. The van der Waals surface area contributed by atoms with Crippen LogP contribution in [-0.4, -0.2) is 37.7 Å². The van der Waals surface area contributed by atoms with Gasteiger partial charge in [0.2, 0.25) is 0 Å². The first-order valence-corrected chi connectivity index (χ1v) is 8.68. The second kappa shape index (κ2) is 5.88. The molecular formula is C17H30N2O2. The number of esters is 1. The molecule has 4 rings (SSSR count). The third-order valence-electron chi connectivity index (χ3n) is 6.35. The van der Waals surface area contributed by atoms with Gasteiger partial charge >= 0.3 is 5.97 Å². The van der Waals surface area contributed by atoms with Crippen molar-refractivity contribution in [2.24, 2.45) is 29.6 Å². The third kappa shape index (κ3) is 2.61. The second-order valence-corrected chi connectivity index (χ2v) is 7.30. The predicted octanol–water partition coefficient (Wildman–Crippen LogP) is 1.80. The molecule has 4 aliphatic carbocycles. The Bertz CT molecular complexity index is 400. The zero-order valence-electron chi connectivity index (χ0n) is 13.8. The van der Waals surface area contributed by atoms with Crippen LogP contribution >= 0.6 is 0 Å². The highest BCUT2D eigenvalue weighted by atomic mass is 16.5. The quantitative estimate of drug-likeness (QED) is 0.734. The Kier molecular flexibility index (Phi) is 4.28. The lowest BCUT2D eigenvalue weighted by Crippen LogP contribution is -2.60. The molecule has 4 heteroatoms. The molecule has 2 bridgehead atoms. The van der Waals surface area contributed by atoms with E-state index in [2.05, 4.69) is 24.5 Å². The second-order valence-electron chi connectivity index (χ2n) is 7.30. The zero-order chi connectivity index (χ0) is 15.1. The lowest BCUT2D eigenvalue weighted by molar-refractivity contribution is -0.156. The van der Waals surface area contributed by atoms with Crippen LogP contribution in [0.15, 0.2) is 0 Å². The minimum absolute atomic E-state index is 0.0411. The monoisotopic (exact) mass is 294 g/mol. The van der Waals surface area contributed by atoms with E-state index in [-0.39, 0.29) is 11.9 Å². The maximum Gasteiger partial charge on any atom is 0.310 e. The Hall–Kier alpha value is -0.610. The van der Waals surface area contributed by atoms with Gasteiger partial charge in [0.05, 0.1) is 12.5 Å². The van der Waals surface area contributed by atoms with Crippen LogP contribution in [0.5, 0.6) is 0 Å². The Balaban J connectivity index is 1.76. The predicted molar refractivity (Wildman–Crippen MR) is 82.8 cm³/mol. The summed E-state index contributed by atoms with van der Waals surface area (Å²) in [7, 11) is 2.00. The van der Waals surface area contributed by atoms with Crippen molar-refractivity contribution in [2.45, 2.75) is 58.2 Å². The summed E-state index contributed by atoms with van der Waals surface area (Å²) in [5.74, 6) is 3.06. The maximum absolute atomic E-state index is 12.5. The van der Waals surface area contributed by atoms with Crippen LogP contribution in [0.2, 0.25) is 0 Å². The Morgan fingerprint density at radius 2 is 1.81 bits per heavy atom. The van der Waals surface area contributed by atoms with Gasteiger partial charge in [-0.25, -0.2) is 0 Å². The molecule has 3 unspecified atom stereocenters. The fourth-order valence-electron chi connectivity index (χ4n) is 4.94. The Morgan fingerprint density at radius 1 is 1.14 bits per heavy atom. The number of rotatable bonds is 6. The van der Waals surface area contributed by atoms with E-state index < -0.39 is 0 Å². The number of likely N-dealkylation sites (N-methyl/N-ethyl adjacent to an activating group) is 1. The van der Waals surface area contributed by atoms with Gasteiger partial charge in [0.1, 0.15) is 0 Å². The first-order valence-electron chi connectivity index (χ1n) is 8.68. The highest BCUT2D eigenvalue weighted by molar-refractivity contribution is 5.74. The van der Waals surface area contributed by atoms with Gasteiger partial charge in [-0.05, 0) is 70.8 Å². The maximum atomic E-state index is 12.5. The van der Waals surface area contributed by atoms with Gasteiger partial charge in [-0.3, -0.25) is 4.79 Å². The van der Waals surface area contributed by atoms with Crippen LogP contribution in [0.1, 0.15) is 40.0 Å². The van der Waals surface area contributed by atoms with Gasteiger partial charge < -0.3 is 15.4 Å². The number of hydrogen-bond donors (Lipinski definition) is 2. The standard InChI is InChI=1S/C17H30N2O2/c1-5-21-17(20)15-11-6-7-12(14-8-13(11)14)16(15)19-10(3)9(2)18-4/h9-16,18-19H,5-8H2,1-4H3/t9?,10-,11-,12+,13?,14?,15-,16-/m0/s1. The van der Waals surface area contributed by atoms with Crippen molar-refractivity contribution >= 4 is 5.97 Å². The van der Waals surface area contributed by atoms with E-state index in [1.54, 1.807) is 0 Å². The molecule has 2 N–H and O–H groups in total. The summed E-state index contributed by atoms with van der Waals surface area (Å²) in [4.78, 5) is 12.5. The van der Waals surface area contributed by atoms with Crippen molar-refractivity contribution in [2.75, 3.05) is 13.7 Å². The number of fused-ring (bicyclic) bond motifs is 2. The van der Waals surface area contributed by atoms with Crippen molar-refractivity contribution < 1.29 is 9.53 Å². The zero-order valence-corrected chi connectivity index (χ0v) is 13.8. The van der Waals surface area contributed by atoms with Crippen LogP contribution in [0.3, 0.4) is 0 Å². The molecule has 0 heterocycles. The molecular weight excluding hydrogens is 264 g/mol. The molecule has 8 atom stereocenters. The van der Waals surface area contributed by atoms with Crippen molar-refractivity contribution in [1.29, 1.82) is 0 Å². The van der Waals surface area contributed by atoms with Crippen LogP contribution in [0.4, 0.5) is 0 Å². The van der Waals surface area contributed by atoms with E-state index >= 15 is 0 Å². The van der Waals surface area contributed by atoms with Crippen LogP contribution in [0.25, 0.3) is 0 Å². The van der Waals surface area contributed by atoms with Crippen molar-refractivity contribution in [3.05, 3.63) is 0 Å². The van der Waals surface area contributed by atoms with E-state index in [0.29, 0.717) is 36.6 Å². The van der Waals surface area contributed by atoms with Gasteiger partial charge in [0, 0.05) is 18.1 Å². The summed E-state index contributed by atoms with van der Waals surface area (Å²) in [6.45, 7) is 6.82. The topological polar surface area (TPSA) is 50.4 Å². The Morgan fingerprint density at radius 3 is 2.48 bits per heavy atom. The molecule has 4 nitrogen and oxygen atoms in total. The van der Waals surface area contributed by atoms with E-state index in [0.717, 1.165) is 11.8 Å². The largest absolute Gasteiger partial charge is 0.466 e. The number of nitrogens with one attached hydrogen (secondary N) is 2. The Labute approximate surface area is 128 Å². The lowest BCUT2D eigenvalue weighted by atomic mass is 9.61. The van der Waals surface area contributed by atoms with Gasteiger partial charge in [0.15, 0.2) is 0 Å². The number of hydrogen-bond acceptors (Lipinski definition) is 4. The highest BCUT2D eigenvalue weighted by Gasteiger charge is 2.63. The molecule has 0 aliphatic heterocycles. The summed E-state index contributed by atoms with van der Waals surface area (Å²) in [5.41, 5.74) is 0. The minimum Gasteiger partial charge on any atom is -0.466 e. The average Bonchev–Trinajstić information content (AvgIpc) is 3.28. The highest BCUT2D eigenvalue weighted by Crippen LogP contribution is 2.64. The fraction of sp³-hybridized carbons (Fsp3) is 0.941. The molecule has 0 aromatic heterocycles. The number of carbonyl (C=O) groups is 1. The number of ether oxygens (including phenoxy) is 1. The number of carbonyl (C=O) groups excluding carboxylic acids is 1. The van der Waals surface area contributed by atoms with E-state index in [1.807, 2.05) is 14.0 Å². The molecule has 120 valence electrons. The van der Waals surface area contributed by atoms with Crippen molar-refractivity contribution in [1.82, 2.24) is 10.6 Å². The molecule has 0 amide bonds. The van der Waals surface area contributed by atoms with E-state index in [4.69, 9.17) is 4.74 Å². The SMILES string of the molecule is CCOC(=O)[C@@H]1[C@@H](N[C@@H](C)C(C)NC)[C@@H]2CC[C@H]1C1CC12. The molecule has 0 aromatic rings. The van der Waals surface area contributed by atoms with Crippen LogP contribution in [0, 0.1) is 29.6 Å². The molecule has 21 heavy (non-hydrogen) atoms. The van der Waals surface area contributed by atoms with Gasteiger partial charge in [-0.2, -0.15) is 0 Å². The molecule has 0 aromatic carbocycles. The first-order chi connectivity index (χ1) is 10.1. The van der Waals surface area contributed by atoms with Crippen molar-refractivity contribution in [3.8, 4) is 0 Å². The summed E-state index contributed by atoms with van der Waals surface area (Å²) >= 11 is 0. The first kappa shape index (κ1) is 15.3. The van der Waals surface area contributed by atoms with Gasteiger partial charge in [-0.1, -0.05) is 0 Å². The molecule has 4 fully saturated rings. The van der Waals surface area contributed by atoms with Crippen LogP contribution in [-0.2, 0) is 9.53 Å². The lowest BCUT2D eigenvalue weighted by Gasteiger charge is -2.48. The van der Waals surface area contributed by atoms with Crippen LogP contribution < -0.4 is 10.6 Å². The molecule has 4 aliphatic rings. The molecule has 4 saturated carbocycles. The smallest absolute Gasteiger partial charge is 0.310 e. The summed E-state index contributed by atoms with van der Waals surface area (Å²) in [5, 5.41) is 7.09. The third-order valence-corrected chi connectivity index (χ3v) is 6.35. The summed E-state index contributed by atoms with van der Waals surface area (Å²) in [6, 6.07) is 1.09. The normalized spacial score (nSPS) is 43.0. The summed E-state index contributed by atoms with van der Waals surface area (Å²) < 4.78 is 5.40. The molecule has 0 radical (unpaired) electrons.